The van der Waals surface area contributed by atoms with Gasteiger partial charge in [0.15, 0.2) is 5.82 Å². The number of hydrogen-bond donors (Lipinski definition) is 2. The summed E-state index contributed by atoms with van der Waals surface area (Å²) >= 11 is 6.11. The number of benzene rings is 2. The fourth-order valence-corrected chi connectivity index (χ4v) is 4.69. The van der Waals surface area contributed by atoms with Crippen LogP contribution in [0.5, 0.6) is 0 Å². The molecule has 1 unspecified atom stereocenters. The van der Waals surface area contributed by atoms with Crippen molar-refractivity contribution in [3.8, 4) is 0 Å². The molecule has 0 radical (unpaired) electrons. The SMILES string of the molecule is Cc1ccnc(N2CCc3c([nH]c4ccc(Cl)c(F)c34)C2c2ccc(/C=C/CCO)cc2)n1. The monoisotopic (exact) mass is 462 g/mol. The van der Waals surface area contributed by atoms with Crippen molar-refractivity contribution in [1.82, 2.24) is 15.0 Å². The Kier molecular flexibility index (Phi) is 5.87. The van der Waals surface area contributed by atoms with Crippen molar-refractivity contribution in [2.75, 3.05) is 18.1 Å². The minimum absolute atomic E-state index is 0.129. The van der Waals surface area contributed by atoms with E-state index in [1.807, 2.05) is 43.3 Å². The summed E-state index contributed by atoms with van der Waals surface area (Å²) < 4.78 is 15.0. The lowest BCUT2D eigenvalue weighted by atomic mass is 9.92. The van der Waals surface area contributed by atoms with Gasteiger partial charge in [0.2, 0.25) is 5.95 Å². The van der Waals surface area contributed by atoms with E-state index in [1.165, 1.54) is 0 Å². The van der Waals surface area contributed by atoms with Gasteiger partial charge in [0.1, 0.15) is 0 Å². The molecule has 1 atom stereocenters. The van der Waals surface area contributed by atoms with Gasteiger partial charge in [0.05, 0.1) is 11.1 Å². The Morgan fingerprint density at radius 2 is 2.03 bits per heavy atom. The van der Waals surface area contributed by atoms with Crippen molar-refractivity contribution in [3.05, 3.63) is 93.7 Å². The number of aromatic amines is 1. The molecule has 3 heterocycles. The molecule has 0 fully saturated rings. The van der Waals surface area contributed by atoms with Crippen molar-refractivity contribution in [3.63, 3.8) is 0 Å². The summed E-state index contributed by atoms with van der Waals surface area (Å²) in [6.07, 6.45) is 6.99. The molecule has 0 aliphatic carbocycles. The molecule has 5 rings (SSSR count). The molecule has 0 bridgehead atoms. The van der Waals surface area contributed by atoms with Gasteiger partial charge in [-0.1, -0.05) is 48.0 Å². The van der Waals surface area contributed by atoms with Crippen LogP contribution in [0.15, 0.2) is 54.7 Å². The number of aliphatic hydroxyl groups is 1. The maximum atomic E-state index is 15.0. The second kappa shape index (κ2) is 8.96. The molecule has 4 aromatic rings. The van der Waals surface area contributed by atoms with E-state index >= 15 is 4.39 Å². The zero-order valence-electron chi connectivity index (χ0n) is 18.2. The molecule has 33 heavy (non-hydrogen) atoms. The van der Waals surface area contributed by atoms with E-state index < -0.39 is 0 Å². The Bertz CT molecular complexity index is 1330. The number of nitrogens with zero attached hydrogens (tertiary/aromatic N) is 3. The summed E-state index contributed by atoms with van der Waals surface area (Å²) in [4.78, 5) is 14.8. The normalized spacial score (nSPS) is 16.0. The van der Waals surface area contributed by atoms with Crippen molar-refractivity contribution in [1.29, 1.82) is 0 Å². The minimum Gasteiger partial charge on any atom is -0.396 e. The molecular formula is C26H24ClFN4O. The highest BCUT2D eigenvalue weighted by molar-refractivity contribution is 6.31. The van der Waals surface area contributed by atoms with Crippen LogP contribution in [0.3, 0.4) is 0 Å². The first-order valence-electron chi connectivity index (χ1n) is 11.0. The highest BCUT2D eigenvalue weighted by atomic mass is 35.5. The van der Waals surface area contributed by atoms with Gasteiger partial charge < -0.3 is 15.0 Å². The topological polar surface area (TPSA) is 65.0 Å². The molecule has 0 saturated carbocycles. The summed E-state index contributed by atoms with van der Waals surface area (Å²) in [7, 11) is 0. The van der Waals surface area contributed by atoms with Gasteiger partial charge in [0, 0.05) is 41.6 Å². The van der Waals surface area contributed by atoms with E-state index in [-0.39, 0.29) is 23.5 Å². The van der Waals surface area contributed by atoms with E-state index in [1.54, 1.807) is 12.3 Å². The average Bonchev–Trinajstić information content (AvgIpc) is 3.21. The second-order valence-corrected chi connectivity index (χ2v) is 8.63. The first-order chi connectivity index (χ1) is 16.1. The third-order valence-corrected chi connectivity index (χ3v) is 6.37. The predicted octanol–water partition coefficient (Wildman–Crippen LogP) is 5.61. The standard InChI is InChI=1S/C26H24ClFN4O/c1-16-11-13-29-26(30-16)32-14-12-19-22-21(10-9-20(27)23(22)28)31-24(19)25(32)18-7-5-17(6-8-18)4-2-3-15-33/h2,4-11,13,25,31,33H,3,12,14-15H2,1H3/b4-2+. The molecule has 0 spiro atoms. The summed E-state index contributed by atoms with van der Waals surface area (Å²) in [6.45, 7) is 2.73. The van der Waals surface area contributed by atoms with Crippen molar-refractivity contribution in [2.24, 2.45) is 0 Å². The van der Waals surface area contributed by atoms with Gasteiger partial charge in [-0.15, -0.1) is 0 Å². The molecular weight excluding hydrogens is 439 g/mol. The summed E-state index contributed by atoms with van der Waals surface area (Å²) in [5.74, 6) is 0.268. The average molecular weight is 463 g/mol. The number of rotatable bonds is 5. The number of aromatic nitrogens is 3. The van der Waals surface area contributed by atoms with E-state index in [0.717, 1.165) is 33.6 Å². The lowest BCUT2D eigenvalue weighted by Crippen LogP contribution is -2.37. The van der Waals surface area contributed by atoms with Crippen LogP contribution in [0.1, 0.15) is 40.5 Å². The molecule has 2 aromatic carbocycles. The number of halogens is 2. The van der Waals surface area contributed by atoms with Gasteiger partial charge in [-0.05, 0) is 54.7 Å². The number of fused-ring (bicyclic) bond motifs is 3. The van der Waals surface area contributed by atoms with Gasteiger partial charge in [-0.25, -0.2) is 14.4 Å². The molecule has 5 nitrogen and oxygen atoms in total. The third-order valence-electron chi connectivity index (χ3n) is 6.08. The number of nitrogens with one attached hydrogen (secondary N) is 1. The molecule has 0 saturated heterocycles. The second-order valence-electron chi connectivity index (χ2n) is 8.23. The lowest BCUT2D eigenvalue weighted by molar-refractivity contribution is 0.303. The van der Waals surface area contributed by atoms with E-state index in [9.17, 15) is 0 Å². The Labute approximate surface area is 196 Å². The van der Waals surface area contributed by atoms with E-state index in [4.69, 9.17) is 16.7 Å². The maximum absolute atomic E-state index is 15.0. The number of hydrogen-bond acceptors (Lipinski definition) is 4. The fourth-order valence-electron chi connectivity index (χ4n) is 4.53. The van der Waals surface area contributed by atoms with Crippen LogP contribution < -0.4 is 4.90 Å². The fraction of sp³-hybridized carbons (Fsp3) is 0.231. The maximum Gasteiger partial charge on any atom is 0.226 e. The quantitative estimate of drug-likeness (QED) is 0.405. The summed E-state index contributed by atoms with van der Waals surface area (Å²) in [6, 6.07) is 13.4. The van der Waals surface area contributed by atoms with Crippen LogP contribution in [-0.4, -0.2) is 33.2 Å². The lowest BCUT2D eigenvalue weighted by Gasteiger charge is -2.36. The Morgan fingerprint density at radius 1 is 1.21 bits per heavy atom. The van der Waals surface area contributed by atoms with E-state index in [2.05, 4.69) is 32.0 Å². The zero-order chi connectivity index (χ0) is 22.9. The van der Waals surface area contributed by atoms with Crippen LogP contribution in [-0.2, 0) is 6.42 Å². The molecule has 7 heteroatoms. The Morgan fingerprint density at radius 3 is 2.79 bits per heavy atom. The number of aryl methyl sites for hydroxylation is 1. The van der Waals surface area contributed by atoms with Gasteiger partial charge >= 0.3 is 0 Å². The summed E-state index contributed by atoms with van der Waals surface area (Å²) in [5, 5.41) is 9.69. The van der Waals surface area contributed by atoms with Crippen molar-refractivity contribution < 1.29 is 9.50 Å². The number of anilines is 1. The summed E-state index contributed by atoms with van der Waals surface area (Å²) in [5.41, 5.74) is 5.62. The van der Waals surface area contributed by atoms with Gasteiger partial charge in [0.25, 0.3) is 0 Å². The minimum atomic E-state index is -0.380. The molecule has 168 valence electrons. The first kappa shape index (κ1) is 21.6. The van der Waals surface area contributed by atoms with Crippen LogP contribution in [0.25, 0.3) is 17.0 Å². The predicted molar refractivity (Wildman–Crippen MR) is 130 cm³/mol. The van der Waals surface area contributed by atoms with Crippen LogP contribution >= 0.6 is 11.6 Å². The Hall–Kier alpha value is -3.22. The smallest absolute Gasteiger partial charge is 0.226 e. The molecule has 2 aromatic heterocycles. The Balaban J connectivity index is 1.64. The molecule has 2 N–H and O–H groups in total. The number of H-pyrrole nitrogens is 1. The number of aliphatic hydroxyl groups excluding tert-OH is 1. The third kappa shape index (κ3) is 4.01. The largest absolute Gasteiger partial charge is 0.396 e. The van der Waals surface area contributed by atoms with Gasteiger partial charge in [-0.2, -0.15) is 0 Å². The molecule has 1 aliphatic heterocycles. The highest BCUT2D eigenvalue weighted by Crippen LogP contribution is 2.41. The highest BCUT2D eigenvalue weighted by Gasteiger charge is 2.34. The molecule has 0 amide bonds. The van der Waals surface area contributed by atoms with E-state index in [0.29, 0.717) is 30.7 Å². The van der Waals surface area contributed by atoms with Crippen LogP contribution in [0, 0.1) is 12.7 Å². The van der Waals surface area contributed by atoms with Crippen LogP contribution in [0.2, 0.25) is 5.02 Å². The zero-order valence-corrected chi connectivity index (χ0v) is 19.0. The van der Waals surface area contributed by atoms with Gasteiger partial charge in [-0.3, -0.25) is 0 Å². The van der Waals surface area contributed by atoms with Crippen molar-refractivity contribution >= 4 is 34.5 Å². The first-order valence-corrected chi connectivity index (χ1v) is 11.4. The molecule has 1 aliphatic rings. The van der Waals surface area contributed by atoms with Crippen molar-refractivity contribution in [2.45, 2.75) is 25.8 Å². The van der Waals surface area contributed by atoms with Crippen LogP contribution in [0.4, 0.5) is 10.3 Å².